The van der Waals surface area contributed by atoms with E-state index in [4.69, 9.17) is 72.4 Å². The van der Waals surface area contributed by atoms with Gasteiger partial charge in [-0.2, -0.15) is 10.2 Å². The third-order valence-corrected chi connectivity index (χ3v) is 17.6. The normalized spacial score (nSPS) is 24.1. The van der Waals surface area contributed by atoms with Crippen molar-refractivity contribution in [2.45, 2.75) is 174 Å². The Morgan fingerprint density at radius 2 is 1.27 bits per heavy atom. The number of aromatic nitrogens is 8. The Morgan fingerprint density at radius 3 is 1.86 bits per heavy atom. The van der Waals surface area contributed by atoms with E-state index in [1.807, 2.05) is 0 Å². The number of nitrogens with two attached hydrogens (primary N) is 2. The molecule has 0 spiro atoms. The molecule has 476 valence electrons. The number of nitrogens with one attached hydrogen (secondary N) is 2. The molecular weight excluding hydrogens is 1190 g/mol. The van der Waals surface area contributed by atoms with Gasteiger partial charge in [-0.25, -0.2) is 43.8 Å². The molecule has 4 aromatic heterocycles. The van der Waals surface area contributed by atoms with Gasteiger partial charge >= 0.3 is 39.6 Å². The number of ether oxygens (including phenoxy) is 8. The molecule has 6 aromatic rings. The highest BCUT2D eigenvalue weighted by Crippen LogP contribution is 2.51. The summed E-state index contributed by atoms with van der Waals surface area (Å²) in [4.78, 5) is 79.1. The molecule has 0 saturated carbocycles. The van der Waals surface area contributed by atoms with Gasteiger partial charge in [0.15, 0.2) is 60.0 Å². The number of nitrogen functional groups attached to an aromatic ring is 2. The van der Waals surface area contributed by atoms with E-state index < -0.39 is 131 Å². The van der Waals surface area contributed by atoms with Gasteiger partial charge in [0, 0.05) is 18.3 Å². The molecule has 0 aliphatic carbocycles. The molecule has 15 atom stereocenters. The smallest absolute Gasteiger partial charge is 0.464 e. The average Bonchev–Trinajstić information content (AvgIpc) is 2.69. The largest absolute Gasteiger partial charge is 0.509 e. The monoisotopic (exact) mass is 1270 g/mol. The molecule has 3 aliphatic heterocycles. The summed E-state index contributed by atoms with van der Waals surface area (Å²) in [7, 11) is -9.11. The summed E-state index contributed by atoms with van der Waals surface area (Å²) in [5.74, 6) is -1.70. The fourth-order valence-corrected chi connectivity index (χ4v) is 13.3. The van der Waals surface area contributed by atoms with Crippen LogP contribution in [-0.2, 0) is 76.9 Å². The van der Waals surface area contributed by atoms with Crippen molar-refractivity contribution in [2.24, 2.45) is 5.41 Å². The standard InChI is InChI=1S/C55H72N12O19P2/c1-11-36(68)77-42-40(79-50(44(42)78-37(69)12-2)66-26-60-38-46(56)58-25-59-48(38)66)31(7)83-87(73,85-33-19-15-13-16-20-33)64-29(5)52(70)75-24-55(9,10)23-35-62-47(57)39-49(63-35)67(27-61-39)51-45-43(81-54(72)82-45)41(80-51)32(8)84-88(74,86-34-21-17-14-18-22-34)65-30(6)53(71)76-28(3)4/h13-22,25-32,36,40-45,50-51,68H,11-12,23-24H2,1-10H3,(H,64,73)(H,65,74)(H2,56,58,59)(H2,57,62,63). The maximum Gasteiger partial charge on any atom is 0.509 e. The molecule has 33 heteroatoms. The number of benzene rings is 2. The molecule has 3 fully saturated rings. The van der Waals surface area contributed by atoms with Gasteiger partial charge in [-0.1, -0.05) is 64.1 Å². The van der Waals surface area contributed by atoms with Crippen LogP contribution in [0.3, 0.4) is 0 Å². The van der Waals surface area contributed by atoms with Crippen molar-refractivity contribution in [2.75, 3.05) is 18.1 Å². The van der Waals surface area contributed by atoms with Crippen LogP contribution >= 0.6 is 15.5 Å². The number of esters is 3. The molecule has 3 saturated heterocycles. The van der Waals surface area contributed by atoms with Crippen LogP contribution in [0.1, 0.15) is 100 Å². The first-order valence-corrected chi connectivity index (χ1v) is 31.5. The lowest BCUT2D eigenvalue weighted by Crippen LogP contribution is -2.45. The highest BCUT2D eigenvalue weighted by Gasteiger charge is 2.59. The minimum atomic E-state index is -4.66. The fraction of sp³-hybridized carbons (Fsp3) is 0.527. The summed E-state index contributed by atoms with van der Waals surface area (Å²) < 4.78 is 104. The third kappa shape index (κ3) is 15.0. The van der Waals surface area contributed by atoms with E-state index in [1.54, 1.807) is 90.1 Å². The Balaban J connectivity index is 0.897. The first kappa shape index (κ1) is 65.0. The summed E-state index contributed by atoms with van der Waals surface area (Å²) in [6.45, 7) is 15.8. The Morgan fingerprint density at radius 1 is 0.716 bits per heavy atom. The maximum atomic E-state index is 15.1. The Bertz CT molecular complexity index is 3550. The van der Waals surface area contributed by atoms with E-state index in [1.165, 1.54) is 67.9 Å². The predicted molar refractivity (Wildman–Crippen MR) is 309 cm³/mol. The zero-order valence-electron chi connectivity index (χ0n) is 49.8. The van der Waals surface area contributed by atoms with Crippen LogP contribution in [0.4, 0.5) is 16.4 Å². The molecular formula is C55H72N12O19P2. The van der Waals surface area contributed by atoms with Gasteiger partial charge < -0.3 is 63.5 Å². The molecule has 3 aliphatic rings. The minimum absolute atomic E-state index is 0.0178. The SMILES string of the molecule is CCC(=O)OC1C(OC(O)CC)C(C(C)OP(=O)(NC(C)C(=O)OCC(C)(C)Cc2nc(N)c3ncn(C4OC(C(C)OP(=O)(NC(C)C(=O)OC(C)C)Oc5ccccc5)C5OC(=O)OC54)c3n2)Oc2ccccc2)OC1n1cnc2c(N)ncnc21. The van der Waals surface area contributed by atoms with E-state index in [0.29, 0.717) is 0 Å². The first-order valence-electron chi connectivity index (χ1n) is 28.4. The molecule has 0 amide bonds. The van der Waals surface area contributed by atoms with Crippen molar-refractivity contribution in [3.05, 3.63) is 85.5 Å². The van der Waals surface area contributed by atoms with Gasteiger partial charge in [0.25, 0.3) is 0 Å². The zero-order chi connectivity index (χ0) is 63.4. The van der Waals surface area contributed by atoms with Gasteiger partial charge in [-0.05, 0) is 72.2 Å². The minimum Gasteiger partial charge on any atom is -0.464 e. The summed E-state index contributed by atoms with van der Waals surface area (Å²) in [6, 6.07) is 13.7. The predicted octanol–water partition coefficient (Wildman–Crippen LogP) is 6.17. The number of anilines is 2. The van der Waals surface area contributed by atoms with E-state index in [9.17, 15) is 28.8 Å². The number of aliphatic hydroxyl groups is 1. The van der Waals surface area contributed by atoms with E-state index in [0.717, 1.165) is 0 Å². The summed E-state index contributed by atoms with van der Waals surface area (Å²) in [5, 5.41) is 16.2. The lowest BCUT2D eigenvalue weighted by molar-refractivity contribution is -0.188. The lowest BCUT2D eigenvalue weighted by atomic mass is 9.90. The first-order chi connectivity index (χ1) is 41.8. The van der Waals surface area contributed by atoms with Crippen LogP contribution in [0.25, 0.3) is 22.3 Å². The number of hydrogen-bond acceptors (Lipinski definition) is 27. The second-order valence-corrected chi connectivity index (χ2v) is 25.5. The Labute approximate surface area is 505 Å². The molecule has 7 heterocycles. The molecule has 2 aromatic carbocycles. The van der Waals surface area contributed by atoms with Crippen LogP contribution in [-0.4, -0.2) is 148 Å². The van der Waals surface area contributed by atoms with Crippen LogP contribution < -0.4 is 30.7 Å². The third-order valence-electron chi connectivity index (χ3n) is 14.0. The van der Waals surface area contributed by atoms with Crippen LogP contribution in [0.5, 0.6) is 11.5 Å². The van der Waals surface area contributed by atoms with Crippen molar-refractivity contribution in [1.82, 2.24) is 49.2 Å². The summed E-state index contributed by atoms with van der Waals surface area (Å²) >= 11 is 0. The van der Waals surface area contributed by atoms with Crippen LogP contribution in [0, 0.1) is 5.41 Å². The number of fused-ring (bicyclic) bond motifs is 3. The van der Waals surface area contributed by atoms with Crippen molar-refractivity contribution in [3.8, 4) is 11.5 Å². The molecule has 7 N–H and O–H groups in total. The summed E-state index contributed by atoms with van der Waals surface area (Å²) in [5.41, 5.74) is 12.5. The number of carbonyl (C=O) groups excluding carboxylic acids is 4. The number of para-hydroxylation sites is 2. The number of carbonyl (C=O) groups is 4. The highest BCUT2D eigenvalue weighted by atomic mass is 31.2. The molecule has 15 unspecified atom stereocenters. The van der Waals surface area contributed by atoms with Crippen molar-refractivity contribution in [3.63, 3.8) is 0 Å². The number of aliphatic hydroxyl groups excluding tert-OH is 1. The van der Waals surface area contributed by atoms with Crippen molar-refractivity contribution in [1.29, 1.82) is 0 Å². The molecule has 31 nitrogen and oxygen atoms in total. The number of imidazole rings is 2. The number of hydrogen-bond donors (Lipinski definition) is 5. The van der Waals surface area contributed by atoms with E-state index in [-0.39, 0.29) is 77.2 Å². The topological polar surface area (TPSA) is 397 Å². The van der Waals surface area contributed by atoms with E-state index in [2.05, 4.69) is 35.1 Å². The summed E-state index contributed by atoms with van der Waals surface area (Å²) in [6.07, 6.45) is -10.7. The van der Waals surface area contributed by atoms with Gasteiger partial charge in [0.2, 0.25) is 0 Å². The van der Waals surface area contributed by atoms with Gasteiger partial charge in [-0.15, -0.1) is 0 Å². The molecule has 9 rings (SSSR count). The number of nitrogens with zero attached hydrogens (tertiary/aromatic N) is 8. The maximum absolute atomic E-state index is 15.1. The van der Waals surface area contributed by atoms with Gasteiger partial charge in [0.1, 0.15) is 65.1 Å². The molecule has 88 heavy (non-hydrogen) atoms. The average molecular weight is 1270 g/mol. The second-order valence-electron chi connectivity index (χ2n) is 22.2. The van der Waals surface area contributed by atoms with Crippen molar-refractivity contribution >= 4 is 73.5 Å². The second kappa shape index (κ2) is 27.1. The van der Waals surface area contributed by atoms with Crippen molar-refractivity contribution < 1.29 is 89.4 Å². The van der Waals surface area contributed by atoms with E-state index >= 15 is 4.57 Å². The number of rotatable bonds is 28. The van der Waals surface area contributed by atoms with Gasteiger partial charge in [-0.3, -0.25) is 32.6 Å². The highest BCUT2D eigenvalue weighted by molar-refractivity contribution is 7.52. The Hall–Kier alpha value is -7.44. The Kier molecular flexibility index (Phi) is 20.0. The fourth-order valence-electron chi connectivity index (χ4n) is 9.88. The van der Waals surface area contributed by atoms with Crippen LogP contribution in [0.15, 0.2) is 79.6 Å². The zero-order valence-corrected chi connectivity index (χ0v) is 51.6. The molecule has 0 bridgehead atoms. The lowest BCUT2D eigenvalue weighted by Gasteiger charge is -2.31. The molecule has 0 radical (unpaired) electrons. The van der Waals surface area contributed by atoms with Crippen LogP contribution in [0.2, 0.25) is 0 Å². The quantitative estimate of drug-likeness (QED) is 0.0159. The van der Waals surface area contributed by atoms with Gasteiger partial charge in [0.05, 0.1) is 37.6 Å².